The second-order valence-corrected chi connectivity index (χ2v) is 13.2. The Labute approximate surface area is 260 Å². The average molecular weight is 585 g/mol. The highest BCUT2D eigenvalue weighted by atomic mass is 16.3. The van der Waals surface area contributed by atoms with Gasteiger partial charge in [0.25, 0.3) is 5.91 Å². The molecule has 0 aromatic heterocycles. The number of anilines is 1. The topological polar surface area (TPSA) is 77.6 Å². The molecule has 0 fully saturated rings. The van der Waals surface area contributed by atoms with Crippen molar-refractivity contribution in [3.63, 3.8) is 0 Å². The van der Waals surface area contributed by atoms with Crippen molar-refractivity contribution in [3.05, 3.63) is 119 Å². The number of aromatic hydroxyl groups is 1. The molecular weight excluding hydrogens is 544 g/mol. The van der Waals surface area contributed by atoms with E-state index < -0.39 is 5.92 Å². The monoisotopic (exact) mass is 584 g/mol. The molecule has 0 saturated heterocycles. The number of phenols is 1. The molecule has 1 heterocycles. The van der Waals surface area contributed by atoms with E-state index in [1.54, 1.807) is 6.21 Å². The number of aliphatic imine (C=N–C) groups is 2. The van der Waals surface area contributed by atoms with Gasteiger partial charge in [-0.2, -0.15) is 10.1 Å². The Kier molecular flexibility index (Phi) is 8.38. The van der Waals surface area contributed by atoms with Gasteiger partial charge in [0, 0.05) is 17.3 Å². The summed E-state index contributed by atoms with van der Waals surface area (Å²) in [5.41, 5.74) is 6.35. The summed E-state index contributed by atoms with van der Waals surface area (Å²) in [6.07, 6.45) is 1.71. The number of hydrazone groups is 1. The molecular formula is C38H40N4O2. The number of para-hydroxylation sites is 3. The fourth-order valence-corrected chi connectivity index (χ4v) is 5.24. The van der Waals surface area contributed by atoms with E-state index in [2.05, 4.69) is 52.7 Å². The van der Waals surface area contributed by atoms with Gasteiger partial charge in [-0.05, 0) is 59.2 Å². The molecule has 5 rings (SSSR count). The first kappa shape index (κ1) is 30.6. The molecule has 4 aromatic carbocycles. The summed E-state index contributed by atoms with van der Waals surface area (Å²) in [6, 6.07) is 30.9. The van der Waals surface area contributed by atoms with Gasteiger partial charge >= 0.3 is 0 Å². The molecule has 6 nitrogen and oxygen atoms in total. The summed E-state index contributed by atoms with van der Waals surface area (Å²) in [4.78, 5) is 23.8. The van der Waals surface area contributed by atoms with Gasteiger partial charge in [0.1, 0.15) is 11.7 Å². The van der Waals surface area contributed by atoms with Crippen LogP contribution in [0.3, 0.4) is 0 Å². The molecule has 224 valence electrons. The number of hydrogen-bond acceptors (Lipinski definition) is 5. The Morgan fingerprint density at radius 3 is 2.02 bits per heavy atom. The van der Waals surface area contributed by atoms with Crippen molar-refractivity contribution < 1.29 is 9.90 Å². The first-order chi connectivity index (χ1) is 20.8. The van der Waals surface area contributed by atoms with Gasteiger partial charge in [-0.15, -0.1) is 0 Å². The summed E-state index contributed by atoms with van der Waals surface area (Å²) < 4.78 is 0. The summed E-state index contributed by atoms with van der Waals surface area (Å²) in [6.45, 7) is 14.6. The van der Waals surface area contributed by atoms with Crippen LogP contribution < -0.4 is 5.01 Å². The first-order valence-electron chi connectivity index (χ1n) is 14.9. The lowest BCUT2D eigenvalue weighted by atomic mass is 9.79. The number of amides is 1. The fourth-order valence-electron chi connectivity index (χ4n) is 5.24. The van der Waals surface area contributed by atoms with Crippen molar-refractivity contribution >= 4 is 40.6 Å². The minimum Gasteiger partial charge on any atom is -0.507 e. The minimum absolute atomic E-state index is 0.107. The predicted octanol–water partition coefficient (Wildman–Crippen LogP) is 8.90. The van der Waals surface area contributed by atoms with E-state index >= 15 is 0 Å². The zero-order valence-corrected chi connectivity index (χ0v) is 26.5. The van der Waals surface area contributed by atoms with Crippen LogP contribution in [-0.4, -0.2) is 28.7 Å². The maximum Gasteiger partial charge on any atom is 0.262 e. The fraction of sp³-hybridized carbons (Fsp3) is 0.263. The van der Waals surface area contributed by atoms with Crippen LogP contribution in [-0.2, 0) is 15.6 Å². The number of nitrogens with zero attached hydrogens (tertiary/aromatic N) is 4. The standard InChI is InChI=1S/C38H40N4O2/c1-25-33(36(44)42(41-25)29-18-12-9-13-19-29)34(26-16-10-8-11-17-26)40-32-21-15-14-20-31(32)39-24-27-22-28(37(2,3)4)23-30(35(27)43)38(5,6)7/h8-24,33,43H,1-7H3. The average Bonchev–Trinajstić information content (AvgIpc) is 3.28. The van der Waals surface area contributed by atoms with E-state index in [0.717, 1.165) is 16.7 Å². The molecule has 1 atom stereocenters. The molecule has 0 aliphatic carbocycles. The Morgan fingerprint density at radius 1 is 0.818 bits per heavy atom. The van der Waals surface area contributed by atoms with Gasteiger partial charge in [0.2, 0.25) is 0 Å². The highest BCUT2D eigenvalue weighted by Gasteiger charge is 2.38. The predicted molar refractivity (Wildman–Crippen MR) is 182 cm³/mol. The summed E-state index contributed by atoms with van der Waals surface area (Å²) in [7, 11) is 0. The van der Waals surface area contributed by atoms with E-state index in [1.165, 1.54) is 5.01 Å². The Balaban J connectivity index is 1.60. The third-order valence-corrected chi connectivity index (χ3v) is 7.75. The molecule has 1 unspecified atom stereocenters. The van der Waals surface area contributed by atoms with Crippen molar-refractivity contribution in [3.8, 4) is 5.75 Å². The Bertz CT molecular complexity index is 1760. The molecule has 6 heteroatoms. The lowest BCUT2D eigenvalue weighted by Gasteiger charge is -2.27. The molecule has 4 aromatic rings. The van der Waals surface area contributed by atoms with Crippen LogP contribution in [0.5, 0.6) is 5.75 Å². The van der Waals surface area contributed by atoms with Crippen LogP contribution in [0.15, 0.2) is 112 Å². The number of rotatable bonds is 6. The molecule has 44 heavy (non-hydrogen) atoms. The SMILES string of the molecule is CC1=NN(c2ccccc2)C(=O)C1C(=Nc1ccccc1N=Cc1cc(C(C)(C)C)cc(C(C)(C)C)c1O)c1ccccc1. The van der Waals surface area contributed by atoms with Crippen molar-refractivity contribution in [1.82, 2.24) is 0 Å². The third kappa shape index (κ3) is 6.40. The molecule has 1 aliphatic heterocycles. The van der Waals surface area contributed by atoms with E-state index in [4.69, 9.17) is 9.98 Å². The van der Waals surface area contributed by atoms with E-state index in [-0.39, 0.29) is 22.5 Å². The van der Waals surface area contributed by atoms with Gasteiger partial charge in [-0.1, -0.05) is 108 Å². The van der Waals surface area contributed by atoms with Gasteiger partial charge in [0.15, 0.2) is 0 Å². The number of hydrogen-bond donors (Lipinski definition) is 1. The lowest BCUT2D eigenvalue weighted by molar-refractivity contribution is -0.118. The molecule has 1 N–H and O–H groups in total. The van der Waals surface area contributed by atoms with Crippen molar-refractivity contribution in [1.29, 1.82) is 0 Å². The Hall–Kier alpha value is -4.84. The number of carbonyl (C=O) groups excluding carboxylic acids is 1. The van der Waals surface area contributed by atoms with Gasteiger partial charge in [-0.3, -0.25) is 9.79 Å². The Morgan fingerprint density at radius 2 is 1.41 bits per heavy atom. The maximum absolute atomic E-state index is 13.9. The first-order valence-corrected chi connectivity index (χ1v) is 14.9. The summed E-state index contributed by atoms with van der Waals surface area (Å²) >= 11 is 0. The van der Waals surface area contributed by atoms with Crippen LogP contribution in [0.25, 0.3) is 0 Å². The molecule has 0 spiro atoms. The highest BCUT2D eigenvalue weighted by Crippen LogP contribution is 2.38. The molecule has 0 bridgehead atoms. The zero-order chi connectivity index (χ0) is 31.6. The minimum atomic E-state index is -0.656. The third-order valence-electron chi connectivity index (χ3n) is 7.75. The van der Waals surface area contributed by atoms with Crippen molar-refractivity contribution in [2.75, 3.05) is 5.01 Å². The van der Waals surface area contributed by atoms with Gasteiger partial charge in [-0.25, -0.2) is 4.99 Å². The van der Waals surface area contributed by atoms with Crippen LogP contribution in [0, 0.1) is 5.92 Å². The smallest absolute Gasteiger partial charge is 0.262 e. The normalized spacial score (nSPS) is 16.1. The van der Waals surface area contributed by atoms with E-state index in [0.29, 0.717) is 34.0 Å². The zero-order valence-electron chi connectivity index (χ0n) is 26.5. The number of benzene rings is 4. The quantitative estimate of drug-likeness (QED) is 0.230. The number of phenolic OH excluding ortho intramolecular Hbond substituents is 1. The molecule has 0 radical (unpaired) electrons. The summed E-state index contributed by atoms with van der Waals surface area (Å²) in [5.74, 6) is -0.586. The second kappa shape index (κ2) is 12.0. The van der Waals surface area contributed by atoms with Gasteiger partial charge in [0.05, 0.1) is 28.5 Å². The molecule has 1 aliphatic rings. The van der Waals surface area contributed by atoms with Crippen LogP contribution >= 0.6 is 0 Å². The largest absolute Gasteiger partial charge is 0.507 e. The van der Waals surface area contributed by atoms with Crippen LogP contribution in [0.4, 0.5) is 17.1 Å². The lowest BCUT2D eigenvalue weighted by Crippen LogP contribution is -2.33. The van der Waals surface area contributed by atoms with E-state index in [1.807, 2.05) is 97.9 Å². The van der Waals surface area contributed by atoms with Crippen LogP contribution in [0.2, 0.25) is 0 Å². The van der Waals surface area contributed by atoms with Crippen molar-refractivity contribution in [2.45, 2.75) is 59.3 Å². The van der Waals surface area contributed by atoms with Crippen LogP contribution in [0.1, 0.15) is 70.7 Å². The highest BCUT2D eigenvalue weighted by molar-refractivity contribution is 6.32. The van der Waals surface area contributed by atoms with Gasteiger partial charge < -0.3 is 5.11 Å². The molecule has 0 saturated carbocycles. The number of carbonyl (C=O) groups is 1. The van der Waals surface area contributed by atoms with E-state index in [9.17, 15) is 9.90 Å². The second-order valence-electron chi connectivity index (χ2n) is 13.2. The maximum atomic E-state index is 13.9. The molecule has 1 amide bonds. The summed E-state index contributed by atoms with van der Waals surface area (Å²) in [5, 5.41) is 17.4. The van der Waals surface area contributed by atoms with Crippen molar-refractivity contribution in [2.24, 2.45) is 21.0 Å².